The number of aryl methyl sites for hydroxylation is 1. The Morgan fingerprint density at radius 2 is 1.20 bits per heavy atom. The monoisotopic (exact) mass is 358 g/mol. The minimum Gasteiger partial charge on any atom is -0.0843 e. The highest BCUT2D eigenvalue weighted by atomic mass is 35.5. The molecule has 20 heavy (non-hydrogen) atoms. The lowest BCUT2D eigenvalue weighted by atomic mass is 10.2. The number of hydrogen-bond donors (Lipinski definition) is 0. The number of hydrogen-bond acceptors (Lipinski definition) is 4. The normalized spacial score (nSPS) is 10.7. The van der Waals surface area contributed by atoms with Crippen LogP contribution in [0.3, 0.4) is 0 Å². The maximum atomic E-state index is 5.86. The van der Waals surface area contributed by atoms with Crippen LogP contribution >= 0.6 is 52.8 Å². The molecule has 0 spiro atoms. The van der Waals surface area contributed by atoms with E-state index in [0.29, 0.717) is 0 Å². The van der Waals surface area contributed by atoms with Gasteiger partial charge in [-0.15, -0.1) is 0 Å². The molecule has 0 radical (unpaired) electrons. The number of halogens is 1. The first-order valence-electron chi connectivity index (χ1n) is 6.12. The molecule has 106 valence electrons. The standard InChI is InChI=1S/C15H15ClS4/c1-12-2-4-13(5-3-12)10-17-19-20-18-11-14-6-8-15(16)9-7-14/h2-9H,10-11H2,1H3. The van der Waals surface area contributed by atoms with Crippen molar-refractivity contribution in [2.24, 2.45) is 0 Å². The van der Waals surface area contributed by atoms with Crippen molar-refractivity contribution < 1.29 is 0 Å². The van der Waals surface area contributed by atoms with Gasteiger partial charge in [0.05, 0.1) is 0 Å². The van der Waals surface area contributed by atoms with E-state index >= 15 is 0 Å². The Morgan fingerprint density at radius 1 is 0.750 bits per heavy atom. The van der Waals surface area contributed by atoms with Gasteiger partial charge in [0, 0.05) is 16.5 Å². The Balaban J connectivity index is 1.57. The van der Waals surface area contributed by atoms with Gasteiger partial charge in [-0.1, -0.05) is 75.2 Å². The molecule has 0 bridgehead atoms. The number of rotatable bonds is 7. The van der Waals surface area contributed by atoms with Gasteiger partial charge >= 0.3 is 0 Å². The van der Waals surface area contributed by atoms with Gasteiger partial charge in [-0.05, 0) is 49.8 Å². The molecule has 0 fully saturated rings. The van der Waals surface area contributed by atoms with Gasteiger partial charge in [0.15, 0.2) is 0 Å². The highest BCUT2D eigenvalue weighted by Crippen LogP contribution is 2.45. The lowest BCUT2D eigenvalue weighted by Crippen LogP contribution is -1.78. The summed E-state index contributed by atoms with van der Waals surface area (Å²) in [5.74, 6) is 2.07. The van der Waals surface area contributed by atoms with Crippen LogP contribution in [-0.4, -0.2) is 0 Å². The summed E-state index contributed by atoms with van der Waals surface area (Å²) >= 11 is 5.86. The van der Waals surface area contributed by atoms with Crippen molar-refractivity contribution >= 4 is 52.8 Å². The Hall–Kier alpha value is 0.130. The van der Waals surface area contributed by atoms with Gasteiger partial charge in [0.25, 0.3) is 0 Å². The van der Waals surface area contributed by atoms with Crippen LogP contribution in [0, 0.1) is 6.92 Å². The molecule has 0 aliphatic carbocycles. The molecule has 2 aromatic carbocycles. The van der Waals surface area contributed by atoms with Crippen molar-refractivity contribution in [1.82, 2.24) is 0 Å². The Bertz CT molecular complexity index is 461. The predicted octanol–water partition coefficient (Wildman–Crippen LogP) is 7.03. The van der Waals surface area contributed by atoms with Crippen LogP contribution in [0.1, 0.15) is 16.7 Å². The van der Waals surface area contributed by atoms with E-state index in [9.17, 15) is 0 Å². The van der Waals surface area contributed by atoms with Gasteiger partial charge in [0.2, 0.25) is 0 Å². The van der Waals surface area contributed by atoms with E-state index in [0.717, 1.165) is 16.5 Å². The van der Waals surface area contributed by atoms with E-state index in [2.05, 4.69) is 43.3 Å². The van der Waals surface area contributed by atoms with E-state index in [4.69, 9.17) is 11.6 Å². The van der Waals surface area contributed by atoms with Gasteiger partial charge in [0.1, 0.15) is 0 Å². The zero-order valence-corrected chi connectivity index (χ0v) is 15.1. The molecule has 0 saturated carbocycles. The van der Waals surface area contributed by atoms with Crippen LogP contribution in [0.25, 0.3) is 0 Å². The average Bonchev–Trinajstić information content (AvgIpc) is 2.46. The van der Waals surface area contributed by atoms with Gasteiger partial charge in [-0.2, -0.15) is 0 Å². The second-order valence-electron chi connectivity index (χ2n) is 4.27. The van der Waals surface area contributed by atoms with Crippen molar-refractivity contribution in [1.29, 1.82) is 0 Å². The molecule has 0 nitrogen and oxygen atoms in total. The molecule has 0 atom stereocenters. The van der Waals surface area contributed by atoms with Crippen LogP contribution < -0.4 is 0 Å². The van der Waals surface area contributed by atoms with Crippen molar-refractivity contribution in [3.8, 4) is 0 Å². The largest absolute Gasteiger partial charge is 0.0843 e. The average molecular weight is 359 g/mol. The molecule has 0 amide bonds. The maximum absolute atomic E-state index is 5.86. The predicted molar refractivity (Wildman–Crippen MR) is 100 cm³/mol. The SMILES string of the molecule is Cc1ccc(CSSSSCc2ccc(Cl)cc2)cc1. The van der Waals surface area contributed by atoms with Crippen molar-refractivity contribution in [2.45, 2.75) is 18.4 Å². The van der Waals surface area contributed by atoms with E-state index in [1.54, 1.807) is 0 Å². The summed E-state index contributed by atoms with van der Waals surface area (Å²) in [5, 5.41) is 0.800. The third-order valence-corrected chi connectivity index (χ3v) is 9.19. The lowest BCUT2D eigenvalue weighted by molar-refractivity contribution is 1.37. The van der Waals surface area contributed by atoms with Gasteiger partial charge in [-0.25, -0.2) is 0 Å². The molecular weight excluding hydrogens is 344 g/mol. The molecule has 2 aromatic rings. The molecule has 5 heteroatoms. The van der Waals surface area contributed by atoms with Crippen LogP contribution in [-0.2, 0) is 11.5 Å². The van der Waals surface area contributed by atoms with Crippen LogP contribution in [0.4, 0.5) is 0 Å². The van der Waals surface area contributed by atoms with E-state index < -0.39 is 0 Å². The fourth-order valence-corrected chi connectivity index (χ4v) is 7.48. The summed E-state index contributed by atoms with van der Waals surface area (Å²) in [6.07, 6.45) is 0. The topological polar surface area (TPSA) is 0 Å². The summed E-state index contributed by atoms with van der Waals surface area (Å²) in [7, 11) is 7.44. The lowest BCUT2D eigenvalue weighted by Gasteiger charge is -2.02. The molecular formula is C15H15ClS4. The summed E-state index contributed by atoms with van der Waals surface area (Å²) < 4.78 is 0. The minimum absolute atomic E-state index is 0.800. The Kier molecular flexibility index (Phi) is 7.60. The van der Waals surface area contributed by atoms with Gasteiger partial charge < -0.3 is 0 Å². The smallest absolute Gasteiger partial charge is 0.0406 e. The fourth-order valence-electron chi connectivity index (χ4n) is 1.49. The quantitative estimate of drug-likeness (QED) is 0.384. The third kappa shape index (κ3) is 6.27. The second-order valence-corrected chi connectivity index (χ2v) is 10.7. The van der Waals surface area contributed by atoms with Gasteiger partial charge in [-0.3, -0.25) is 0 Å². The molecule has 0 aliphatic heterocycles. The maximum Gasteiger partial charge on any atom is 0.0406 e. The first-order valence-corrected chi connectivity index (χ1v) is 11.6. The fraction of sp³-hybridized carbons (Fsp3) is 0.200. The molecule has 0 heterocycles. The highest BCUT2D eigenvalue weighted by Gasteiger charge is 1.98. The molecule has 0 aliphatic rings. The summed E-state index contributed by atoms with van der Waals surface area (Å²) in [4.78, 5) is 0. The van der Waals surface area contributed by atoms with E-state index in [1.807, 2.05) is 53.4 Å². The van der Waals surface area contributed by atoms with Crippen molar-refractivity contribution in [2.75, 3.05) is 0 Å². The molecule has 0 saturated heterocycles. The highest BCUT2D eigenvalue weighted by molar-refractivity contribution is 9.25. The third-order valence-electron chi connectivity index (χ3n) is 2.61. The van der Waals surface area contributed by atoms with Crippen molar-refractivity contribution in [3.05, 3.63) is 70.2 Å². The molecule has 0 N–H and O–H groups in total. The second kappa shape index (κ2) is 9.21. The van der Waals surface area contributed by atoms with Crippen molar-refractivity contribution in [3.63, 3.8) is 0 Å². The van der Waals surface area contributed by atoms with Crippen LogP contribution in [0.15, 0.2) is 48.5 Å². The number of benzene rings is 2. The summed E-state index contributed by atoms with van der Waals surface area (Å²) in [6, 6.07) is 16.8. The summed E-state index contributed by atoms with van der Waals surface area (Å²) in [6.45, 7) is 2.12. The summed E-state index contributed by atoms with van der Waals surface area (Å²) in [5.41, 5.74) is 4.02. The first-order chi connectivity index (χ1) is 9.74. The van der Waals surface area contributed by atoms with Crippen LogP contribution in [0.5, 0.6) is 0 Å². The Labute approximate surface area is 141 Å². The van der Waals surface area contributed by atoms with Crippen LogP contribution in [0.2, 0.25) is 5.02 Å². The molecule has 2 rings (SSSR count). The zero-order valence-electron chi connectivity index (χ0n) is 11.0. The zero-order chi connectivity index (χ0) is 14.2. The minimum atomic E-state index is 0.800. The van der Waals surface area contributed by atoms with E-state index in [-0.39, 0.29) is 0 Å². The molecule has 0 unspecified atom stereocenters. The Morgan fingerprint density at radius 3 is 1.70 bits per heavy atom. The molecule has 0 aromatic heterocycles. The first kappa shape index (κ1) is 16.5. The van der Waals surface area contributed by atoms with E-state index in [1.165, 1.54) is 16.7 Å².